The van der Waals surface area contributed by atoms with E-state index in [9.17, 15) is 30.3 Å². The number of phenolic OH excluding ortho intramolecular Hbond substituents is 1. The molecule has 12 heteroatoms. The summed E-state index contributed by atoms with van der Waals surface area (Å²) in [7, 11) is 0. The molecular formula is C14H13ClN4O7. The van der Waals surface area contributed by atoms with E-state index in [2.05, 4.69) is 11.1 Å². The van der Waals surface area contributed by atoms with Crippen molar-refractivity contribution >= 4 is 28.7 Å². The number of halogens is 1. The molecule has 1 heterocycles. The first-order valence-corrected chi connectivity index (χ1v) is 7.56. The average molecular weight is 385 g/mol. The maximum absolute atomic E-state index is 10.4. The third-order valence-electron chi connectivity index (χ3n) is 2.98. The number of aromatic hydroxyl groups is 1. The molecule has 26 heavy (non-hydrogen) atoms. The van der Waals surface area contributed by atoms with Crippen LogP contribution in [0.3, 0.4) is 0 Å². The van der Waals surface area contributed by atoms with E-state index in [1.165, 1.54) is 5.56 Å². The molecule has 0 fully saturated rings. The van der Waals surface area contributed by atoms with E-state index in [0.29, 0.717) is 12.1 Å². The second-order valence-corrected chi connectivity index (χ2v) is 5.14. The van der Waals surface area contributed by atoms with Crippen molar-refractivity contribution in [1.29, 1.82) is 0 Å². The SMILES string of the molecule is ClCCCc1cccnc1.O=[N+]([O-])c1cc([N+](=O)[O-])c(O)c([N+](=O)[O-])c1. The van der Waals surface area contributed by atoms with Gasteiger partial charge in [0.15, 0.2) is 0 Å². The zero-order chi connectivity index (χ0) is 19.7. The maximum Gasteiger partial charge on any atom is 0.324 e. The summed E-state index contributed by atoms with van der Waals surface area (Å²) in [5.74, 6) is -0.477. The molecule has 0 spiro atoms. The first kappa shape index (κ1) is 20.7. The highest BCUT2D eigenvalue weighted by molar-refractivity contribution is 6.17. The molecule has 11 nitrogen and oxygen atoms in total. The van der Waals surface area contributed by atoms with Crippen molar-refractivity contribution in [3.05, 3.63) is 72.6 Å². The summed E-state index contributed by atoms with van der Waals surface area (Å²) < 4.78 is 0. The van der Waals surface area contributed by atoms with Crippen LogP contribution in [0, 0.1) is 30.3 Å². The van der Waals surface area contributed by atoms with Crippen LogP contribution >= 0.6 is 11.6 Å². The van der Waals surface area contributed by atoms with Gasteiger partial charge in [-0.25, -0.2) is 0 Å². The molecule has 0 saturated carbocycles. The van der Waals surface area contributed by atoms with Crippen LogP contribution in [-0.2, 0) is 6.42 Å². The van der Waals surface area contributed by atoms with Gasteiger partial charge in [0.2, 0.25) is 0 Å². The number of hydrogen-bond donors (Lipinski definition) is 1. The third-order valence-corrected chi connectivity index (χ3v) is 3.25. The van der Waals surface area contributed by atoms with Gasteiger partial charge < -0.3 is 5.11 Å². The Morgan fingerprint density at radius 3 is 2.00 bits per heavy atom. The third kappa shape index (κ3) is 5.94. The lowest BCUT2D eigenvalue weighted by Gasteiger charge is -1.97. The van der Waals surface area contributed by atoms with Crippen LogP contribution in [-0.4, -0.2) is 30.7 Å². The Morgan fingerprint density at radius 2 is 1.62 bits per heavy atom. The molecule has 0 aliphatic rings. The number of aromatic nitrogens is 1. The van der Waals surface area contributed by atoms with Crippen LogP contribution in [0.1, 0.15) is 12.0 Å². The van der Waals surface area contributed by atoms with Gasteiger partial charge in [-0.3, -0.25) is 35.3 Å². The van der Waals surface area contributed by atoms with Crippen LogP contribution in [0.5, 0.6) is 5.75 Å². The smallest absolute Gasteiger partial charge is 0.324 e. The van der Waals surface area contributed by atoms with Crippen LogP contribution in [0.2, 0.25) is 0 Å². The molecule has 2 rings (SSSR count). The van der Waals surface area contributed by atoms with Gasteiger partial charge in [0, 0.05) is 18.3 Å². The lowest BCUT2D eigenvalue weighted by molar-refractivity contribution is -0.404. The normalized spacial score (nSPS) is 9.73. The number of nitro groups is 3. The van der Waals surface area contributed by atoms with Gasteiger partial charge in [0.1, 0.15) is 0 Å². The zero-order valence-electron chi connectivity index (χ0n) is 13.1. The van der Waals surface area contributed by atoms with E-state index in [0.717, 1.165) is 18.7 Å². The minimum atomic E-state index is -1.21. The quantitative estimate of drug-likeness (QED) is 0.450. The summed E-state index contributed by atoms with van der Waals surface area (Å²) in [4.78, 5) is 31.8. The lowest BCUT2D eigenvalue weighted by atomic mass is 10.2. The monoisotopic (exact) mass is 384 g/mol. The summed E-state index contributed by atoms with van der Waals surface area (Å²) >= 11 is 5.53. The van der Waals surface area contributed by atoms with Crippen molar-refractivity contribution in [3.63, 3.8) is 0 Å². The van der Waals surface area contributed by atoms with E-state index >= 15 is 0 Å². The Morgan fingerprint density at radius 1 is 1.04 bits per heavy atom. The fourth-order valence-corrected chi connectivity index (χ4v) is 1.92. The number of aryl methyl sites for hydroxylation is 1. The Hall–Kier alpha value is -3.34. The standard InChI is InChI=1S/C8H10ClN.C6H3N3O7/c9-5-1-3-8-4-2-6-10-7-8;10-6-4(8(13)14)1-3(7(11)12)2-5(6)9(15)16/h2,4,6-7H,1,3,5H2;1-2,10H. The molecule has 1 aromatic carbocycles. The average Bonchev–Trinajstić information content (AvgIpc) is 2.60. The predicted octanol–water partition coefficient (Wildman–Crippen LogP) is 3.37. The van der Waals surface area contributed by atoms with Crippen LogP contribution in [0.15, 0.2) is 36.7 Å². The van der Waals surface area contributed by atoms with Gasteiger partial charge in [0.25, 0.3) is 11.4 Å². The maximum atomic E-state index is 10.4. The van der Waals surface area contributed by atoms with Gasteiger partial charge in [-0.1, -0.05) is 6.07 Å². The summed E-state index contributed by atoms with van der Waals surface area (Å²) in [5.41, 5.74) is -1.74. The summed E-state index contributed by atoms with van der Waals surface area (Å²) in [6.45, 7) is 0. The highest BCUT2D eigenvalue weighted by atomic mass is 35.5. The van der Waals surface area contributed by atoms with E-state index < -0.39 is 37.6 Å². The highest BCUT2D eigenvalue weighted by Gasteiger charge is 2.30. The predicted molar refractivity (Wildman–Crippen MR) is 91.3 cm³/mol. The van der Waals surface area contributed by atoms with E-state index in [4.69, 9.17) is 16.7 Å². The number of nitro benzene ring substituents is 3. The van der Waals surface area contributed by atoms with Gasteiger partial charge in [0.05, 0.1) is 26.9 Å². The number of nitrogens with zero attached hydrogens (tertiary/aromatic N) is 4. The van der Waals surface area contributed by atoms with Crippen LogP contribution in [0.25, 0.3) is 0 Å². The van der Waals surface area contributed by atoms with E-state index in [-0.39, 0.29) is 0 Å². The molecule has 0 radical (unpaired) electrons. The van der Waals surface area contributed by atoms with Crippen molar-refractivity contribution in [1.82, 2.24) is 4.98 Å². The first-order chi connectivity index (χ1) is 12.3. The molecule has 0 saturated heterocycles. The summed E-state index contributed by atoms with van der Waals surface area (Å²) in [6, 6.07) is 4.91. The van der Waals surface area contributed by atoms with Crippen molar-refractivity contribution in [3.8, 4) is 5.75 Å². The molecule has 2 aromatic rings. The van der Waals surface area contributed by atoms with Crippen molar-refractivity contribution in [2.75, 3.05) is 5.88 Å². The van der Waals surface area contributed by atoms with E-state index in [1.807, 2.05) is 12.3 Å². The van der Waals surface area contributed by atoms with Crippen molar-refractivity contribution in [2.45, 2.75) is 12.8 Å². The van der Waals surface area contributed by atoms with E-state index in [1.54, 1.807) is 6.20 Å². The molecule has 1 aromatic heterocycles. The number of phenols is 1. The fraction of sp³-hybridized carbons (Fsp3) is 0.214. The number of rotatable bonds is 6. The molecule has 0 unspecified atom stereocenters. The molecule has 0 bridgehead atoms. The van der Waals surface area contributed by atoms with Gasteiger partial charge in [-0.05, 0) is 24.5 Å². The fourth-order valence-electron chi connectivity index (χ4n) is 1.79. The first-order valence-electron chi connectivity index (χ1n) is 7.03. The van der Waals surface area contributed by atoms with Crippen LogP contribution < -0.4 is 0 Å². The molecule has 0 aliphatic carbocycles. The minimum Gasteiger partial charge on any atom is -0.497 e. The molecule has 0 atom stereocenters. The molecule has 1 N–H and O–H groups in total. The Labute approximate surface area is 151 Å². The number of pyridine rings is 1. The number of alkyl halides is 1. The highest BCUT2D eigenvalue weighted by Crippen LogP contribution is 2.38. The largest absolute Gasteiger partial charge is 0.497 e. The Balaban J connectivity index is 0.000000289. The summed E-state index contributed by atoms with van der Waals surface area (Å²) in [6.07, 6.45) is 5.74. The van der Waals surface area contributed by atoms with Crippen molar-refractivity contribution < 1.29 is 19.9 Å². The van der Waals surface area contributed by atoms with Gasteiger partial charge >= 0.3 is 11.4 Å². The molecule has 0 aliphatic heterocycles. The number of non-ortho nitro benzene ring substituents is 1. The molecule has 0 amide bonds. The van der Waals surface area contributed by atoms with Gasteiger partial charge in [-0.2, -0.15) is 0 Å². The molecular weight excluding hydrogens is 372 g/mol. The minimum absolute atomic E-state index is 0.447. The molecule has 138 valence electrons. The second-order valence-electron chi connectivity index (χ2n) is 4.76. The van der Waals surface area contributed by atoms with Gasteiger partial charge in [-0.15, -0.1) is 11.6 Å². The Bertz CT molecular complexity index is 766. The topological polar surface area (TPSA) is 163 Å². The van der Waals surface area contributed by atoms with Crippen molar-refractivity contribution in [2.24, 2.45) is 0 Å². The number of hydrogen-bond acceptors (Lipinski definition) is 8. The summed E-state index contributed by atoms with van der Waals surface area (Å²) in [5, 5.41) is 40.2. The second kappa shape index (κ2) is 9.84. The lowest BCUT2D eigenvalue weighted by Crippen LogP contribution is -1.97. The number of benzene rings is 1. The zero-order valence-corrected chi connectivity index (χ0v) is 13.9. The van der Waals surface area contributed by atoms with Crippen LogP contribution in [0.4, 0.5) is 17.1 Å². The Kier molecular flexibility index (Phi) is 7.83.